The molecule has 4 N–H and O–H groups in total. The Kier molecular flexibility index (Phi) is 12.0. The van der Waals surface area contributed by atoms with Crippen LogP contribution >= 0.6 is 0 Å². The fourth-order valence-electron chi connectivity index (χ4n) is 4.54. The summed E-state index contributed by atoms with van der Waals surface area (Å²) >= 11 is 0. The average Bonchev–Trinajstić information content (AvgIpc) is 2.97. The number of aryl methyl sites for hydroxylation is 1. The summed E-state index contributed by atoms with van der Waals surface area (Å²) in [6.07, 6.45) is 3.68. The molecule has 9 heteroatoms. The van der Waals surface area contributed by atoms with Gasteiger partial charge in [-0.25, -0.2) is 4.79 Å². The summed E-state index contributed by atoms with van der Waals surface area (Å²) in [6.45, 7) is 12.4. The maximum Gasteiger partial charge on any atom is 0.326 e. The van der Waals surface area contributed by atoms with Crippen LogP contribution < -0.4 is 25.6 Å². The third kappa shape index (κ3) is 8.38. The van der Waals surface area contributed by atoms with Crippen LogP contribution in [-0.4, -0.2) is 35.3 Å². The van der Waals surface area contributed by atoms with Gasteiger partial charge >= 0.3 is 6.03 Å². The number of rotatable bonds is 14. The Bertz CT molecular complexity index is 1330. The molecular formula is C33H45N5O4. The van der Waals surface area contributed by atoms with E-state index in [0.29, 0.717) is 46.7 Å². The molecule has 3 amide bonds. The second-order valence-corrected chi connectivity index (χ2v) is 10.6. The molecule has 42 heavy (non-hydrogen) atoms. The maximum absolute atomic E-state index is 13.8. The summed E-state index contributed by atoms with van der Waals surface area (Å²) in [5.41, 5.74) is 3.27. The minimum absolute atomic E-state index is 0.0715. The topological polar surface area (TPSA) is 116 Å². The van der Waals surface area contributed by atoms with Gasteiger partial charge in [0.1, 0.15) is 11.5 Å². The number of aromatic hydroxyl groups is 1. The first kappa shape index (κ1) is 32.2. The number of anilines is 4. The van der Waals surface area contributed by atoms with Gasteiger partial charge in [-0.15, -0.1) is 0 Å². The zero-order valence-electron chi connectivity index (χ0n) is 25.7. The van der Waals surface area contributed by atoms with Crippen molar-refractivity contribution in [2.24, 2.45) is 5.92 Å². The molecule has 0 bridgehead atoms. The average molecular weight is 576 g/mol. The lowest BCUT2D eigenvalue weighted by Gasteiger charge is -2.28. The van der Waals surface area contributed by atoms with E-state index in [1.807, 2.05) is 49.4 Å². The highest BCUT2D eigenvalue weighted by Gasteiger charge is 2.26. The first-order chi connectivity index (χ1) is 20.2. The fraction of sp³-hybridized carbons (Fsp3) is 0.424. The smallest absolute Gasteiger partial charge is 0.326 e. The summed E-state index contributed by atoms with van der Waals surface area (Å²) in [6, 6.07) is 15.9. The van der Waals surface area contributed by atoms with Gasteiger partial charge in [-0.2, -0.15) is 0 Å². The zero-order chi connectivity index (χ0) is 30.6. The van der Waals surface area contributed by atoms with Crippen molar-refractivity contribution < 1.29 is 19.4 Å². The molecule has 0 aliphatic rings. The van der Waals surface area contributed by atoms with E-state index >= 15 is 0 Å². The summed E-state index contributed by atoms with van der Waals surface area (Å²) in [7, 11) is 0. The van der Waals surface area contributed by atoms with E-state index in [1.165, 1.54) is 11.0 Å². The Morgan fingerprint density at radius 1 is 0.976 bits per heavy atom. The molecule has 226 valence electrons. The second-order valence-electron chi connectivity index (χ2n) is 10.6. The van der Waals surface area contributed by atoms with Crippen LogP contribution in [-0.2, 0) is 4.79 Å². The molecule has 0 aliphatic heterocycles. The number of nitrogens with zero attached hydrogens (tertiary/aromatic N) is 2. The lowest BCUT2D eigenvalue weighted by molar-refractivity contribution is -0.118. The van der Waals surface area contributed by atoms with Crippen molar-refractivity contribution in [1.29, 1.82) is 0 Å². The maximum atomic E-state index is 13.8. The Morgan fingerprint density at radius 3 is 2.31 bits per heavy atom. The molecule has 0 fully saturated rings. The first-order valence-electron chi connectivity index (χ1n) is 14.8. The number of para-hydroxylation sites is 1. The number of hydrogen-bond donors (Lipinski definition) is 4. The summed E-state index contributed by atoms with van der Waals surface area (Å²) < 4.78 is 5.77. The van der Waals surface area contributed by atoms with E-state index in [1.54, 1.807) is 19.9 Å². The van der Waals surface area contributed by atoms with Gasteiger partial charge in [-0.3, -0.25) is 14.7 Å². The minimum Gasteiger partial charge on any atom is -0.506 e. The summed E-state index contributed by atoms with van der Waals surface area (Å²) in [4.78, 5) is 33.1. The number of benzene rings is 2. The fourth-order valence-corrected chi connectivity index (χ4v) is 4.54. The van der Waals surface area contributed by atoms with Crippen molar-refractivity contribution in [3.63, 3.8) is 0 Å². The SMILES string of the molecule is CCCCNC(=O)N(c1cc(NCOc2ccccc2)c(O)cc1NC(=O)C(C)C)c1ccc(C(CC)CC)nc1C. The predicted molar refractivity (Wildman–Crippen MR) is 170 cm³/mol. The lowest BCUT2D eigenvalue weighted by atomic mass is 9.98. The number of hydrogen-bond acceptors (Lipinski definition) is 6. The molecule has 0 spiro atoms. The van der Waals surface area contributed by atoms with E-state index in [4.69, 9.17) is 9.72 Å². The number of amides is 3. The molecule has 0 radical (unpaired) electrons. The third-order valence-corrected chi connectivity index (χ3v) is 7.12. The number of phenolic OH excluding ortho intramolecular Hbond substituents is 1. The van der Waals surface area contributed by atoms with Gasteiger partial charge in [-0.1, -0.05) is 59.2 Å². The molecule has 0 unspecified atom stereocenters. The highest BCUT2D eigenvalue weighted by atomic mass is 16.5. The van der Waals surface area contributed by atoms with Crippen LogP contribution in [0.2, 0.25) is 0 Å². The van der Waals surface area contributed by atoms with Gasteiger partial charge in [0, 0.05) is 30.1 Å². The highest BCUT2D eigenvalue weighted by molar-refractivity contribution is 6.06. The van der Waals surface area contributed by atoms with E-state index in [9.17, 15) is 14.7 Å². The van der Waals surface area contributed by atoms with Crippen molar-refractivity contribution in [1.82, 2.24) is 10.3 Å². The van der Waals surface area contributed by atoms with Gasteiger partial charge in [0.05, 0.1) is 28.4 Å². The van der Waals surface area contributed by atoms with E-state index < -0.39 is 0 Å². The molecule has 3 aromatic rings. The van der Waals surface area contributed by atoms with E-state index in [2.05, 4.69) is 36.7 Å². The quantitative estimate of drug-likeness (QED) is 0.0890. The Morgan fingerprint density at radius 2 is 1.69 bits per heavy atom. The van der Waals surface area contributed by atoms with E-state index in [-0.39, 0.29) is 30.3 Å². The van der Waals surface area contributed by atoms with Crippen LogP contribution in [0.1, 0.15) is 77.6 Å². The molecule has 0 aliphatic carbocycles. The monoisotopic (exact) mass is 575 g/mol. The highest BCUT2D eigenvalue weighted by Crippen LogP contribution is 2.41. The van der Waals surface area contributed by atoms with Crippen molar-refractivity contribution >= 4 is 34.7 Å². The number of unbranched alkanes of at least 4 members (excludes halogenated alkanes) is 1. The minimum atomic E-state index is -0.360. The largest absolute Gasteiger partial charge is 0.506 e. The molecule has 3 rings (SSSR count). The van der Waals surface area contributed by atoms with Crippen LogP contribution in [0.15, 0.2) is 54.6 Å². The number of nitrogens with one attached hydrogen (secondary N) is 3. The number of aromatic nitrogens is 1. The molecule has 9 nitrogen and oxygen atoms in total. The van der Waals surface area contributed by atoms with Crippen LogP contribution in [0, 0.1) is 12.8 Å². The van der Waals surface area contributed by atoms with Gasteiger partial charge in [0.2, 0.25) is 5.91 Å². The Hall–Kier alpha value is -4.27. The third-order valence-electron chi connectivity index (χ3n) is 7.12. The molecule has 0 saturated heterocycles. The summed E-state index contributed by atoms with van der Waals surface area (Å²) in [5.74, 6) is 0.335. The standard InChI is InChI=1S/C33H45N5O4/c1-7-10-18-34-33(41)38(29-17-16-26(36-23(29)6)24(8-2)9-3)30-19-28(35-21-42-25-14-12-11-13-15-25)31(39)20-27(30)37-32(40)22(4)5/h11-17,19-20,22,24,35,39H,7-10,18,21H2,1-6H3,(H,34,41)(H,37,40). The van der Waals surface area contributed by atoms with Gasteiger partial charge in [0.15, 0.2) is 6.73 Å². The van der Waals surface area contributed by atoms with Crippen molar-refractivity contribution in [3.05, 3.63) is 66.0 Å². The van der Waals surface area contributed by atoms with E-state index in [0.717, 1.165) is 31.4 Å². The molecule has 0 atom stereocenters. The Labute approximate surface area is 249 Å². The van der Waals surface area contributed by atoms with Gasteiger partial charge < -0.3 is 25.8 Å². The van der Waals surface area contributed by atoms with Crippen molar-refractivity contribution in [2.75, 3.05) is 28.8 Å². The Balaban J connectivity index is 2.11. The van der Waals surface area contributed by atoms with Crippen LogP contribution in [0.5, 0.6) is 11.5 Å². The zero-order valence-corrected chi connectivity index (χ0v) is 25.7. The normalized spacial score (nSPS) is 11.0. The number of carbonyl (C=O) groups excluding carboxylic acids is 2. The first-order valence-corrected chi connectivity index (χ1v) is 14.8. The van der Waals surface area contributed by atoms with Gasteiger partial charge in [0.25, 0.3) is 0 Å². The van der Waals surface area contributed by atoms with Gasteiger partial charge in [-0.05, 0) is 56.5 Å². The van der Waals surface area contributed by atoms with Crippen molar-refractivity contribution in [2.45, 2.75) is 73.1 Å². The molecule has 0 saturated carbocycles. The lowest BCUT2D eigenvalue weighted by Crippen LogP contribution is -2.38. The number of pyridine rings is 1. The number of carbonyl (C=O) groups is 2. The molecule has 1 aromatic heterocycles. The second kappa shape index (κ2) is 15.7. The number of ether oxygens (including phenoxy) is 1. The summed E-state index contributed by atoms with van der Waals surface area (Å²) in [5, 5.41) is 19.9. The molecular weight excluding hydrogens is 530 g/mol. The van der Waals surface area contributed by atoms with Crippen LogP contribution in [0.3, 0.4) is 0 Å². The molecule has 1 heterocycles. The molecule has 2 aromatic carbocycles. The number of phenols is 1. The van der Waals surface area contributed by atoms with Crippen molar-refractivity contribution in [3.8, 4) is 11.5 Å². The number of urea groups is 1. The van der Waals surface area contributed by atoms with Crippen LogP contribution in [0.25, 0.3) is 0 Å². The van der Waals surface area contributed by atoms with Crippen LogP contribution in [0.4, 0.5) is 27.5 Å². The predicted octanol–water partition coefficient (Wildman–Crippen LogP) is 7.69.